The van der Waals surface area contributed by atoms with Gasteiger partial charge in [-0.25, -0.2) is 8.93 Å². The molecule has 7 heteroatoms. The van der Waals surface area contributed by atoms with Crippen molar-refractivity contribution in [1.29, 1.82) is 0 Å². The van der Waals surface area contributed by atoms with Gasteiger partial charge in [0.1, 0.15) is 6.04 Å². The lowest BCUT2D eigenvalue weighted by molar-refractivity contribution is -0.168. The van der Waals surface area contributed by atoms with E-state index in [-0.39, 0.29) is 5.92 Å². The first-order chi connectivity index (χ1) is 14.9. The van der Waals surface area contributed by atoms with Gasteiger partial charge >= 0.3 is 6.18 Å². The third-order valence-electron chi connectivity index (χ3n) is 5.17. The highest BCUT2D eigenvalue weighted by Gasteiger charge is 2.48. The van der Waals surface area contributed by atoms with Crippen molar-refractivity contribution in [3.8, 4) is 0 Å². The minimum Gasteiger partial charge on any atom is -0.290 e. The molecule has 2 rings (SSSR count). The quantitative estimate of drug-likeness (QED) is 0.458. The molecule has 0 aromatic heterocycles. The van der Waals surface area contributed by atoms with E-state index >= 15 is 0 Å². The van der Waals surface area contributed by atoms with Gasteiger partial charge in [-0.1, -0.05) is 74.5 Å². The van der Waals surface area contributed by atoms with Gasteiger partial charge in [0.2, 0.25) is 0 Å². The van der Waals surface area contributed by atoms with Gasteiger partial charge in [0, 0.05) is 19.1 Å². The molecule has 0 spiro atoms. The second kappa shape index (κ2) is 11.4. The smallest absolute Gasteiger partial charge is 0.290 e. The van der Waals surface area contributed by atoms with Crippen molar-refractivity contribution in [3.63, 3.8) is 0 Å². The summed E-state index contributed by atoms with van der Waals surface area (Å²) in [6.45, 7) is 9.59. The van der Waals surface area contributed by atoms with Crippen LogP contribution in [0.25, 0.3) is 0 Å². The summed E-state index contributed by atoms with van der Waals surface area (Å²) in [7, 11) is -1.86. The number of nitrogens with one attached hydrogen (secondary N) is 1. The predicted molar refractivity (Wildman–Crippen MR) is 126 cm³/mol. The molecule has 0 saturated heterocycles. The van der Waals surface area contributed by atoms with Crippen molar-refractivity contribution < 1.29 is 17.4 Å². The van der Waals surface area contributed by atoms with Gasteiger partial charge in [-0.05, 0) is 44.2 Å². The van der Waals surface area contributed by atoms with Crippen LogP contribution in [0.2, 0.25) is 0 Å². The molecule has 178 valence electrons. The van der Waals surface area contributed by atoms with E-state index in [4.69, 9.17) is 0 Å². The van der Waals surface area contributed by atoms with Gasteiger partial charge < -0.3 is 0 Å². The predicted octanol–water partition coefficient (Wildman–Crippen LogP) is 6.09. The Morgan fingerprint density at radius 1 is 0.875 bits per heavy atom. The highest BCUT2D eigenvalue weighted by atomic mass is 32.2. The molecule has 0 amide bonds. The Morgan fingerprint density at radius 3 is 1.66 bits per heavy atom. The van der Waals surface area contributed by atoms with Gasteiger partial charge in [0.15, 0.2) is 0 Å². The Morgan fingerprint density at radius 2 is 1.31 bits per heavy atom. The lowest BCUT2D eigenvalue weighted by atomic mass is 9.94. The molecule has 32 heavy (non-hydrogen) atoms. The average molecular weight is 469 g/mol. The number of halogens is 3. The van der Waals surface area contributed by atoms with Crippen LogP contribution < -0.4 is 4.72 Å². The van der Waals surface area contributed by atoms with Crippen LogP contribution in [-0.2, 0) is 24.1 Å². The first kappa shape index (κ1) is 26.6. The van der Waals surface area contributed by atoms with Gasteiger partial charge in [-0.3, -0.25) is 4.90 Å². The molecule has 0 aliphatic carbocycles. The van der Waals surface area contributed by atoms with E-state index in [1.54, 1.807) is 20.8 Å². The van der Waals surface area contributed by atoms with Crippen molar-refractivity contribution in [3.05, 3.63) is 71.8 Å². The van der Waals surface area contributed by atoms with E-state index < -0.39 is 34.0 Å². The highest BCUT2D eigenvalue weighted by molar-refractivity contribution is 7.84. The van der Waals surface area contributed by atoms with Crippen LogP contribution >= 0.6 is 0 Å². The molecule has 1 N–H and O–H groups in total. The van der Waals surface area contributed by atoms with Crippen molar-refractivity contribution in [1.82, 2.24) is 9.62 Å². The summed E-state index contributed by atoms with van der Waals surface area (Å²) in [4.78, 5) is 1.87. The topological polar surface area (TPSA) is 32.3 Å². The highest BCUT2D eigenvalue weighted by Crippen LogP contribution is 2.31. The summed E-state index contributed by atoms with van der Waals surface area (Å²) in [5.74, 6) is 0.0313. The second-order valence-electron chi connectivity index (χ2n) is 9.59. The zero-order chi connectivity index (χ0) is 23.9. The van der Waals surface area contributed by atoms with E-state index in [0.29, 0.717) is 19.5 Å². The normalized spacial score (nSPS) is 15.7. The van der Waals surface area contributed by atoms with E-state index in [1.807, 2.05) is 79.4 Å². The average Bonchev–Trinajstić information content (AvgIpc) is 2.69. The maximum atomic E-state index is 14.4. The van der Waals surface area contributed by atoms with Crippen LogP contribution in [-0.4, -0.2) is 32.1 Å². The summed E-state index contributed by atoms with van der Waals surface area (Å²) < 4.78 is 57.5. The number of nitrogens with zero attached hydrogens (tertiary/aromatic N) is 1. The number of rotatable bonds is 10. The van der Waals surface area contributed by atoms with Crippen LogP contribution in [0.1, 0.15) is 52.2 Å². The standard InChI is InChI=1S/C25H35F3N2OS/c1-19(2)16-22(23(25(26,27)28)29-32(31)24(3,4)5)30(17-20-12-8-6-9-13-20)18-21-14-10-7-11-15-21/h6-15,19,22-23,29H,16-18H2,1-5H3/t22-,23-,32?/m0/s1. The van der Waals surface area contributed by atoms with Crippen molar-refractivity contribution in [2.24, 2.45) is 5.92 Å². The molecule has 3 nitrogen and oxygen atoms in total. The molecule has 0 heterocycles. The van der Waals surface area contributed by atoms with Crippen molar-refractivity contribution in [2.75, 3.05) is 0 Å². The van der Waals surface area contributed by atoms with E-state index in [1.165, 1.54) is 0 Å². The molecule has 0 saturated carbocycles. The molecular formula is C25H35F3N2OS. The van der Waals surface area contributed by atoms with Crippen molar-refractivity contribution >= 4 is 11.0 Å². The van der Waals surface area contributed by atoms with Gasteiger partial charge in [0.05, 0.1) is 15.7 Å². The van der Waals surface area contributed by atoms with Gasteiger partial charge in [-0.15, -0.1) is 0 Å². The largest absolute Gasteiger partial charge is 0.406 e. The summed E-state index contributed by atoms with van der Waals surface area (Å²) in [5.41, 5.74) is 1.88. The number of hydrogen-bond acceptors (Lipinski definition) is 2. The molecule has 0 aliphatic rings. The van der Waals surface area contributed by atoms with Crippen LogP contribution in [0.4, 0.5) is 13.2 Å². The van der Waals surface area contributed by atoms with Crippen LogP contribution in [0.3, 0.4) is 0 Å². The third kappa shape index (κ3) is 8.34. The lowest BCUT2D eigenvalue weighted by Crippen LogP contribution is -2.59. The second-order valence-corrected chi connectivity index (χ2v) is 11.6. The summed E-state index contributed by atoms with van der Waals surface area (Å²) in [5, 5.41) is 0. The number of alkyl halides is 3. The minimum absolute atomic E-state index is 0.0313. The number of hydrogen-bond donors (Lipinski definition) is 1. The fourth-order valence-corrected chi connectivity index (χ4v) is 4.44. The van der Waals surface area contributed by atoms with Gasteiger partial charge in [-0.2, -0.15) is 13.2 Å². The fraction of sp³-hybridized carbons (Fsp3) is 0.520. The Kier molecular flexibility index (Phi) is 9.49. The third-order valence-corrected chi connectivity index (χ3v) is 6.75. The molecule has 0 radical (unpaired) electrons. The minimum atomic E-state index is -4.55. The Balaban J connectivity index is 2.49. The maximum absolute atomic E-state index is 14.4. The monoisotopic (exact) mass is 468 g/mol. The summed E-state index contributed by atoms with van der Waals surface area (Å²) in [6, 6.07) is 16.2. The van der Waals surface area contributed by atoms with Gasteiger partial charge in [0.25, 0.3) is 0 Å². The van der Waals surface area contributed by atoms with Crippen LogP contribution in [0.15, 0.2) is 60.7 Å². The summed E-state index contributed by atoms with van der Waals surface area (Å²) >= 11 is 0. The van der Waals surface area contributed by atoms with E-state index in [9.17, 15) is 17.4 Å². The Hall–Kier alpha value is -1.70. The molecule has 3 atom stereocenters. The lowest BCUT2D eigenvalue weighted by Gasteiger charge is -2.40. The SMILES string of the molecule is CC(C)C[C@@H]([C@H](NS(=O)C(C)(C)C)C(F)(F)F)N(Cc1ccccc1)Cc1ccccc1. The fourth-order valence-electron chi connectivity index (χ4n) is 3.56. The van der Waals surface area contributed by atoms with Crippen LogP contribution in [0.5, 0.6) is 0 Å². The zero-order valence-corrected chi connectivity index (χ0v) is 20.3. The molecule has 2 aromatic rings. The van der Waals surface area contributed by atoms with Crippen molar-refractivity contribution in [2.45, 2.75) is 77.1 Å². The molecule has 2 aromatic carbocycles. The number of benzene rings is 2. The molecule has 0 fully saturated rings. The maximum Gasteiger partial charge on any atom is 0.406 e. The van der Waals surface area contributed by atoms with E-state index in [2.05, 4.69) is 4.72 Å². The Bertz CT molecular complexity index is 794. The Labute approximate surface area is 193 Å². The summed E-state index contributed by atoms with van der Waals surface area (Å²) in [6.07, 6.45) is -4.23. The zero-order valence-electron chi connectivity index (χ0n) is 19.5. The molecule has 0 bridgehead atoms. The first-order valence-electron chi connectivity index (χ1n) is 10.9. The van der Waals surface area contributed by atoms with E-state index in [0.717, 1.165) is 11.1 Å². The van der Waals surface area contributed by atoms with Crippen LogP contribution in [0, 0.1) is 5.92 Å². The molecular weight excluding hydrogens is 433 g/mol. The molecule has 0 aliphatic heterocycles. The first-order valence-corrected chi connectivity index (χ1v) is 12.1. The molecule has 1 unspecified atom stereocenters.